The minimum Gasteiger partial charge on any atom is -0.489 e. The molecule has 0 aromatic heterocycles. The molecule has 0 heterocycles. The van der Waals surface area contributed by atoms with Crippen LogP contribution in [-0.4, -0.2) is 5.11 Å². The maximum Gasteiger partial charge on any atom is 0.142 e. The summed E-state index contributed by atoms with van der Waals surface area (Å²) in [6.07, 6.45) is 0. The van der Waals surface area contributed by atoms with E-state index >= 15 is 0 Å². The van der Waals surface area contributed by atoms with Crippen LogP contribution in [0.2, 0.25) is 5.02 Å². The summed E-state index contributed by atoms with van der Waals surface area (Å²) in [6.45, 7) is 0.142. The van der Waals surface area contributed by atoms with E-state index in [9.17, 15) is 4.39 Å². The monoisotopic (exact) mass is 266 g/mol. The van der Waals surface area contributed by atoms with Crippen molar-refractivity contribution in [2.45, 2.75) is 13.2 Å². The first-order chi connectivity index (χ1) is 8.70. The third-order valence-electron chi connectivity index (χ3n) is 2.51. The number of hydrogen-bond acceptors (Lipinski definition) is 2. The summed E-state index contributed by atoms with van der Waals surface area (Å²) < 4.78 is 18.7. The van der Waals surface area contributed by atoms with Gasteiger partial charge in [-0.2, -0.15) is 0 Å². The van der Waals surface area contributed by atoms with Crippen molar-refractivity contribution in [2.75, 3.05) is 0 Å². The molecule has 0 fully saturated rings. The van der Waals surface area contributed by atoms with E-state index in [0.29, 0.717) is 11.3 Å². The highest BCUT2D eigenvalue weighted by molar-refractivity contribution is 6.31. The molecular weight excluding hydrogens is 255 g/mol. The molecule has 0 aliphatic carbocycles. The minimum absolute atomic E-state index is 0.0437. The highest BCUT2D eigenvalue weighted by Crippen LogP contribution is 2.22. The van der Waals surface area contributed by atoms with Crippen LogP contribution >= 0.6 is 11.6 Å². The highest BCUT2D eigenvalue weighted by atomic mass is 35.5. The van der Waals surface area contributed by atoms with Crippen molar-refractivity contribution < 1.29 is 14.2 Å². The van der Waals surface area contributed by atoms with Crippen LogP contribution in [0.3, 0.4) is 0 Å². The molecule has 0 radical (unpaired) electrons. The zero-order chi connectivity index (χ0) is 13.0. The molecule has 18 heavy (non-hydrogen) atoms. The Morgan fingerprint density at radius 1 is 1.17 bits per heavy atom. The van der Waals surface area contributed by atoms with Crippen molar-refractivity contribution in [3.05, 3.63) is 64.4 Å². The lowest BCUT2D eigenvalue weighted by atomic mass is 10.2. The van der Waals surface area contributed by atoms with E-state index in [1.807, 2.05) is 0 Å². The Balaban J connectivity index is 2.09. The van der Waals surface area contributed by atoms with Gasteiger partial charge >= 0.3 is 0 Å². The second kappa shape index (κ2) is 5.85. The molecule has 0 spiro atoms. The van der Waals surface area contributed by atoms with E-state index < -0.39 is 5.82 Å². The third-order valence-corrected chi connectivity index (χ3v) is 2.93. The molecule has 0 saturated carbocycles. The van der Waals surface area contributed by atoms with Gasteiger partial charge in [0.25, 0.3) is 0 Å². The number of aliphatic hydroxyl groups is 1. The first kappa shape index (κ1) is 12.9. The highest BCUT2D eigenvalue weighted by Gasteiger charge is 2.06. The molecule has 94 valence electrons. The van der Waals surface area contributed by atoms with Gasteiger partial charge in [-0.05, 0) is 23.8 Å². The molecule has 2 aromatic carbocycles. The Bertz CT molecular complexity index is 543. The SMILES string of the molecule is OCc1cccc(OCc2cccc(F)c2Cl)c1. The Morgan fingerprint density at radius 2 is 1.94 bits per heavy atom. The van der Waals surface area contributed by atoms with Gasteiger partial charge in [0.2, 0.25) is 0 Å². The molecule has 2 aromatic rings. The van der Waals surface area contributed by atoms with Crippen LogP contribution in [0.4, 0.5) is 4.39 Å². The summed E-state index contributed by atoms with van der Waals surface area (Å²) in [7, 11) is 0. The first-order valence-corrected chi connectivity index (χ1v) is 5.84. The van der Waals surface area contributed by atoms with Gasteiger partial charge < -0.3 is 9.84 Å². The number of hydrogen-bond donors (Lipinski definition) is 1. The maximum absolute atomic E-state index is 13.2. The summed E-state index contributed by atoms with van der Waals surface area (Å²) in [5.41, 5.74) is 1.35. The molecule has 0 aliphatic heterocycles. The molecule has 1 N–H and O–H groups in total. The smallest absolute Gasteiger partial charge is 0.142 e. The van der Waals surface area contributed by atoms with E-state index in [0.717, 1.165) is 5.56 Å². The lowest BCUT2D eigenvalue weighted by Crippen LogP contribution is -1.98. The Labute approximate surface area is 110 Å². The second-order valence-electron chi connectivity index (χ2n) is 3.81. The first-order valence-electron chi connectivity index (χ1n) is 5.46. The van der Waals surface area contributed by atoms with Crippen LogP contribution in [-0.2, 0) is 13.2 Å². The maximum atomic E-state index is 13.2. The standard InChI is InChI=1S/C14H12ClFO2/c15-14-11(4-2-6-13(14)16)9-18-12-5-1-3-10(7-12)8-17/h1-7,17H,8-9H2. The summed E-state index contributed by atoms with van der Waals surface area (Å²) in [6, 6.07) is 11.7. The molecule has 0 amide bonds. The fourth-order valence-corrected chi connectivity index (χ4v) is 1.74. The van der Waals surface area contributed by atoms with Crippen molar-refractivity contribution in [3.63, 3.8) is 0 Å². The van der Waals surface area contributed by atoms with Gasteiger partial charge in [0.15, 0.2) is 0 Å². The quantitative estimate of drug-likeness (QED) is 0.917. The fraction of sp³-hybridized carbons (Fsp3) is 0.143. The number of aliphatic hydroxyl groups excluding tert-OH is 1. The molecule has 2 rings (SSSR count). The van der Waals surface area contributed by atoms with Crippen LogP contribution in [0.15, 0.2) is 42.5 Å². The number of halogens is 2. The third kappa shape index (κ3) is 3.00. The number of benzene rings is 2. The van der Waals surface area contributed by atoms with Crippen LogP contribution in [0.5, 0.6) is 5.75 Å². The second-order valence-corrected chi connectivity index (χ2v) is 4.19. The van der Waals surface area contributed by atoms with Crippen molar-refractivity contribution in [3.8, 4) is 5.75 Å². The van der Waals surface area contributed by atoms with E-state index in [2.05, 4.69) is 0 Å². The van der Waals surface area contributed by atoms with Gasteiger partial charge in [-0.15, -0.1) is 0 Å². The summed E-state index contributed by atoms with van der Waals surface area (Å²) >= 11 is 5.82. The van der Waals surface area contributed by atoms with Crippen LogP contribution in [0, 0.1) is 5.82 Å². The van der Waals surface area contributed by atoms with E-state index in [-0.39, 0.29) is 18.2 Å². The zero-order valence-electron chi connectivity index (χ0n) is 9.57. The molecule has 0 atom stereocenters. The zero-order valence-corrected chi connectivity index (χ0v) is 10.3. The summed E-state index contributed by atoms with van der Waals surface area (Å²) in [4.78, 5) is 0. The predicted octanol–water partition coefficient (Wildman–Crippen LogP) is 3.55. The summed E-state index contributed by atoms with van der Waals surface area (Å²) in [5, 5.41) is 9.08. The molecule has 0 saturated heterocycles. The van der Waals surface area contributed by atoms with E-state index in [1.54, 1.807) is 36.4 Å². The van der Waals surface area contributed by atoms with Crippen molar-refractivity contribution in [1.29, 1.82) is 0 Å². The lowest BCUT2D eigenvalue weighted by Gasteiger charge is -2.09. The summed E-state index contributed by atoms with van der Waals surface area (Å²) in [5.74, 6) is 0.156. The van der Waals surface area contributed by atoms with Gasteiger partial charge in [0.1, 0.15) is 18.2 Å². The Morgan fingerprint density at radius 3 is 2.72 bits per heavy atom. The molecular formula is C14H12ClFO2. The molecule has 0 bridgehead atoms. The number of ether oxygens (including phenoxy) is 1. The van der Waals surface area contributed by atoms with Crippen molar-refractivity contribution in [1.82, 2.24) is 0 Å². The van der Waals surface area contributed by atoms with Crippen LogP contribution < -0.4 is 4.74 Å². The van der Waals surface area contributed by atoms with Gasteiger partial charge in [-0.1, -0.05) is 35.9 Å². The normalized spacial score (nSPS) is 10.4. The topological polar surface area (TPSA) is 29.5 Å². The largest absolute Gasteiger partial charge is 0.489 e. The van der Waals surface area contributed by atoms with E-state index in [4.69, 9.17) is 21.4 Å². The average Bonchev–Trinajstić information content (AvgIpc) is 2.41. The predicted molar refractivity (Wildman–Crippen MR) is 68.1 cm³/mol. The number of rotatable bonds is 4. The van der Waals surface area contributed by atoms with Crippen molar-refractivity contribution in [2.24, 2.45) is 0 Å². The molecule has 4 heteroatoms. The van der Waals surface area contributed by atoms with Crippen molar-refractivity contribution >= 4 is 11.6 Å². The molecule has 0 aliphatic rings. The van der Waals surface area contributed by atoms with E-state index in [1.165, 1.54) is 6.07 Å². The van der Waals surface area contributed by atoms with Gasteiger partial charge in [-0.3, -0.25) is 0 Å². The lowest BCUT2D eigenvalue weighted by molar-refractivity contribution is 0.278. The molecule has 0 unspecified atom stereocenters. The average molecular weight is 267 g/mol. The van der Waals surface area contributed by atoms with Gasteiger partial charge in [0.05, 0.1) is 11.6 Å². The van der Waals surface area contributed by atoms with Crippen LogP contribution in [0.1, 0.15) is 11.1 Å². The van der Waals surface area contributed by atoms with Crippen LogP contribution in [0.25, 0.3) is 0 Å². The van der Waals surface area contributed by atoms with Gasteiger partial charge in [0, 0.05) is 5.56 Å². The molecule has 2 nitrogen and oxygen atoms in total. The minimum atomic E-state index is -0.457. The van der Waals surface area contributed by atoms with Gasteiger partial charge in [-0.25, -0.2) is 4.39 Å². The Kier molecular flexibility index (Phi) is 4.18. The fourth-order valence-electron chi connectivity index (χ4n) is 1.55. The Hall–Kier alpha value is -1.58.